The molecule has 2 N–H and O–H groups in total. The van der Waals surface area contributed by atoms with Crippen LogP contribution in [0.5, 0.6) is 0 Å². The molecule has 3 nitrogen and oxygen atoms in total. The number of nitrogens with zero attached hydrogens (tertiary/aromatic N) is 1. The lowest BCUT2D eigenvalue weighted by Gasteiger charge is -2.31. The van der Waals surface area contributed by atoms with Gasteiger partial charge in [-0.2, -0.15) is 0 Å². The second kappa shape index (κ2) is 8.65. The van der Waals surface area contributed by atoms with Gasteiger partial charge < -0.3 is 15.4 Å². The molecule has 1 aromatic carbocycles. The van der Waals surface area contributed by atoms with E-state index in [1.807, 2.05) is 0 Å². The normalized spacial score (nSPS) is 12.8. The molecule has 0 spiro atoms. The molecular weight excluding hydrogens is 316 g/mol. The number of rotatable bonds is 8. The fourth-order valence-electron chi connectivity index (χ4n) is 2.27. The van der Waals surface area contributed by atoms with Crippen LogP contribution in [-0.4, -0.2) is 32.3 Å². The fourth-order valence-corrected chi connectivity index (χ4v) is 2.68. The zero-order valence-electron chi connectivity index (χ0n) is 13.0. The second-order valence-electron chi connectivity index (χ2n) is 5.43. The summed E-state index contributed by atoms with van der Waals surface area (Å²) in [6.45, 7) is 8.17. The molecular formula is C16H27BrN2O. The second-order valence-corrected chi connectivity index (χ2v) is 6.34. The molecule has 20 heavy (non-hydrogen) atoms. The van der Waals surface area contributed by atoms with E-state index in [1.165, 1.54) is 11.3 Å². The molecule has 0 radical (unpaired) electrons. The van der Waals surface area contributed by atoms with Crippen LogP contribution in [0.3, 0.4) is 0 Å². The third kappa shape index (κ3) is 5.08. The molecule has 0 fully saturated rings. The molecule has 4 heteroatoms. The predicted molar refractivity (Wildman–Crippen MR) is 90.5 cm³/mol. The number of halogens is 1. The van der Waals surface area contributed by atoms with Gasteiger partial charge in [0.05, 0.1) is 6.61 Å². The van der Waals surface area contributed by atoms with Crippen LogP contribution in [0.1, 0.15) is 32.8 Å². The summed E-state index contributed by atoms with van der Waals surface area (Å²) in [6.07, 6.45) is 1.90. The number of methoxy groups -OCH3 is 1. The maximum Gasteiger partial charge on any atom is 0.0637 e. The van der Waals surface area contributed by atoms with Crippen molar-refractivity contribution in [1.82, 2.24) is 0 Å². The minimum absolute atomic E-state index is 0.208. The lowest BCUT2D eigenvalue weighted by molar-refractivity contribution is 0.204. The number of hydrogen-bond donors (Lipinski definition) is 1. The van der Waals surface area contributed by atoms with Crippen molar-refractivity contribution in [3.63, 3.8) is 0 Å². The minimum atomic E-state index is 0.208. The van der Waals surface area contributed by atoms with Crippen molar-refractivity contribution in [2.75, 3.05) is 25.2 Å². The van der Waals surface area contributed by atoms with Crippen LogP contribution in [0.25, 0.3) is 0 Å². The van der Waals surface area contributed by atoms with Gasteiger partial charge in [0.2, 0.25) is 0 Å². The number of hydrogen-bond acceptors (Lipinski definition) is 3. The van der Waals surface area contributed by atoms with Crippen LogP contribution in [0.2, 0.25) is 0 Å². The fraction of sp³-hybridized carbons (Fsp3) is 0.625. The zero-order chi connectivity index (χ0) is 15.1. The minimum Gasteiger partial charge on any atom is -0.383 e. The molecule has 1 atom stereocenters. The first kappa shape index (κ1) is 17.5. The molecule has 0 saturated heterocycles. The van der Waals surface area contributed by atoms with Gasteiger partial charge in [-0.25, -0.2) is 0 Å². The summed E-state index contributed by atoms with van der Waals surface area (Å²) >= 11 is 3.56. The maximum atomic E-state index is 6.14. The van der Waals surface area contributed by atoms with E-state index in [9.17, 15) is 0 Å². The number of anilines is 1. The first-order valence-electron chi connectivity index (χ1n) is 7.29. The Hall–Kier alpha value is -0.580. The van der Waals surface area contributed by atoms with Crippen LogP contribution in [0.4, 0.5) is 5.69 Å². The third-order valence-corrected chi connectivity index (χ3v) is 4.01. The van der Waals surface area contributed by atoms with E-state index in [0.29, 0.717) is 6.04 Å². The first-order chi connectivity index (χ1) is 9.49. The summed E-state index contributed by atoms with van der Waals surface area (Å²) in [5.74, 6) is 0. The third-order valence-electron chi connectivity index (χ3n) is 3.52. The maximum absolute atomic E-state index is 6.14. The highest BCUT2D eigenvalue weighted by atomic mass is 79.9. The van der Waals surface area contributed by atoms with Gasteiger partial charge in [-0.05, 0) is 50.5 Å². The Morgan fingerprint density at radius 3 is 2.60 bits per heavy atom. The summed E-state index contributed by atoms with van der Waals surface area (Å²) in [5, 5.41) is 0. The van der Waals surface area contributed by atoms with Gasteiger partial charge in [0, 0.05) is 35.9 Å². The molecule has 0 amide bonds. The highest BCUT2D eigenvalue weighted by Crippen LogP contribution is 2.27. The van der Waals surface area contributed by atoms with E-state index < -0.39 is 0 Å². The van der Waals surface area contributed by atoms with Crippen molar-refractivity contribution in [1.29, 1.82) is 0 Å². The van der Waals surface area contributed by atoms with Crippen molar-refractivity contribution >= 4 is 21.6 Å². The highest BCUT2D eigenvalue weighted by molar-refractivity contribution is 9.10. The average molecular weight is 343 g/mol. The van der Waals surface area contributed by atoms with E-state index in [-0.39, 0.29) is 6.04 Å². The SMILES string of the molecule is CCC(N)Cc1cc(Br)ccc1N(CCOC)C(C)C. The van der Waals surface area contributed by atoms with Crippen molar-refractivity contribution < 1.29 is 4.74 Å². The summed E-state index contributed by atoms with van der Waals surface area (Å²) in [6, 6.07) is 7.10. The lowest BCUT2D eigenvalue weighted by atomic mass is 10.0. The summed E-state index contributed by atoms with van der Waals surface area (Å²) in [4.78, 5) is 2.38. The molecule has 0 aliphatic heterocycles. The number of benzene rings is 1. The summed E-state index contributed by atoms with van der Waals surface area (Å²) in [7, 11) is 1.74. The number of nitrogens with two attached hydrogens (primary N) is 1. The van der Waals surface area contributed by atoms with E-state index in [4.69, 9.17) is 10.5 Å². The van der Waals surface area contributed by atoms with Crippen molar-refractivity contribution in [2.24, 2.45) is 5.73 Å². The van der Waals surface area contributed by atoms with Gasteiger partial charge in [-0.1, -0.05) is 22.9 Å². The Bertz CT molecular complexity index is 409. The zero-order valence-corrected chi connectivity index (χ0v) is 14.6. The van der Waals surface area contributed by atoms with E-state index in [0.717, 1.165) is 30.5 Å². The van der Waals surface area contributed by atoms with Gasteiger partial charge in [-0.3, -0.25) is 0 Å². The van der Waals surface area contributed by atoms with E-state index >= 15 is 0 Å². The molecule has 0 bridgehead atoms. The summed E-state index contributed by atoms with van der Waals surface area (Å²) < 4.78 is 6.34. The molecule has 1 unspecified atom stereocenters. The van der Waals surface area contributed by atoms with Gasteiger partial charge >= 0.3 is 0 Å². The Balaban J connectivity index is 3.05. The van der Waals surface area contributed by atoms with Crippen LogP contribution in [0.15, 0.2) is 22.7 Å². The van der Waals surface area contributed by atoms with E-state index in [2.05, 4.69) is 59.8 Å². The highest BCUT2D eigenvalue weighted by Gasteiger charge is 2.16. The Morgan fingerprint density at radius 2 is 2.05 bits per heavy atom. The van der Waals surface area contributed by atoms with Crippen LogP contribution in [-0.2, 0) is 11.2 Å². The van der Waals surface area contributed by atoms with Crippen molar-refractivity contribution in [3.8, 4) is 0 Å². The van der Waals surface area contributed by atoms with E-state index in [1.54, 1.807) is 7.11 Å². The van der Waals surface area contributed by atoms with Gasteiger partial charge in [0.25, 0.3) is 0 Å². The Morgan fingerprint density at radius 1 is 1.35 bits per heavy atom. The van der Waals surface area contributed by atoms with Crippen molar-refractivity contribution in [2.45, 2.75) is 45.7 Å². The monoisotopic (exact) mass is 342 g/mol. The quantitative estimate of drug-likeness (QED) is 0.784. The average Bonchev–Trinajstić information content (AvgIpc) is 2.40. The Labute approximate surface area is 131 Å². The predicted octanol–water partition coefficient (Wildman–Crippen LogP) is 3.59. The smallest absolute Gasteiger partial charge is 0.0637 e. The standard InChI is InChI=1S/C16H27BrN2O/c1-5-15(18)11-13-10-14(17)6-7-16(13)19(12(2)3)8-9-20-4/h6-7,10,12,15H,5,8-9,11,18H2,1-4H3. The molecule has 114 valence electrons. The molecule has 0 aromatic heterocycles. The molecule has 0 saturated carbocycles. The molecule has 0 aliphatic rings. The van der Waals surface area contributed by atoms with Crippen LogP contribution < -0.4 is 10.6 Å². The summed E-state index contributed by atoms with van der Waals surface area (Å²) in [5.41, 5.74) is 8.71. The van der Waals surface area contributed by atoms with Crippen LogP contribution in [0, 0.1) is 0 Å². The van der Waals surface area contributed by atoms with Gasteiger partial charge in [0.1, 0.15) is 0 Å². The molecule has 0 aliphatic carbocycles. The largest absolute Gasteiger partial charge is 0.383 e. The lowest BCUT2D eigenvalue weighted by Crippen LogP contribution is -2.35. The number of ether oxygens (including phenoxy) is 1. The van der Waals surface area contributed by atoms with Crippen LogP contribution >= 0.6 is 15.9 Å². The van der Waals surface area contributed by atoms with Crippen molar-refractivity contribution in [3.05, 3.63) is 28.2 Å². The topological polar surface area (TPSA) is 38.5 Å². The molecule has 0 heterocycles. The first-order valence-corrected chi connectivity index (χ1v) is 8.08. The van der Waals surface area contributed by atoms with Gasteiger partial charge in [0.15, 0.2) is 0 Å². The Kier molecular flexibility index (Phi) is 7.56. The molecule has 1 aromatic rings. The van der Waals surface area contributed by atoms with Gasteiger partial charge in [-0.15, -0.1) is 0 Å². The molecule has 1 rings (SSSR count).